The molecule has 0 N–H and O–H groups in total. The van der Waals surface area contributed by atoms with Crippen molar-refractivity contribution in [3.05, 3.63) is 64.8 Å². The molecule has 70 valence electrons. The van der Waals surface area contributed by atoms with Crippen LogP contribution < -0.4 is 5.56 Å². The summed E-state index contributed by atoms with van der Waals surface area (Å²) in [5, 5.41) is 0. The average Bonchev–Trinajstić information content (AvgIpc) is 2.20. The highest BCUT2D eigenvalue weighted by Gasteiger charge is 1.97. The van der Waals surface area contributed by atoms with Crippen molar-refractivity contribution in [2.45, 2.75) is 0 Å². The molecule has 0 saturated heterocycles. The standard InChI is InChI=1S/C11H8FNO/c12-9-4-6-10(7-5-9)13-8-2-1-3-11(13)14/h1-8H. The van der Waals surface area contributed by atoms with E-state index >= 15 is 0 Å². The molecule has 0 fully saturated rings. The zero-order valence-corrected chi connectivity index (χ0v) is 7.35. The summed E-state index contributed by atoms with van der Waals surface area (Å²) in [6, 6.07) is 10.7. The molecule has 0 spiro atoms. The van der Waals surface area contributed by atoms with Crippen LogP contribution in [-0.4, -0.2) is 4.57 Å². The fraction of sp³-hybridized carbons (Fsp3) is 0. The van der Waals surface area contributed by atoms with Crippen LogP contribution in [0, 0.1) is 5.82 Å². The molecular formula is C11H8FNO. The topological polar surface area (TPSA) is 22.0 Å². The molecule has 3 heteroatoms. The maximum absolute atomic E-state index is 12.6. The minimum Gasteiger partial charge on any atom is -0.284 e. The maximum Gasteiger partial charge on any atom is 0.255 e. The second kappa shape index (κ2) is 3.46. The molecule has 2 nitrogen and oxygen atoms in total. The highest BCUT2D eigenvalue weighted by molar-refractivity contribution is 5.31. The van der Waals surface area contributed by atoms with Crippen molar-refractivity contribution in [2.75, 3.05) is 0 Å². The number of aromatic nitrogens is 1. The van der Waals surface area contributed by atoms with Crippen LogP contribution in [0.1, 0.15) is 0 Å². The monoisotopic (exact) mass is 189 g/mol. The van der Waals surface area contributed by atoms with Crippen LogP contribution in [0.3, 0.4) is 0 Å². The highest BCUT2D eigenvalue weighted by atomic mass is 19.1. The Labute approximate surface area is 80.2 Å². The van der Waals surface area contributed by atoms with Gasteiger partial charge in [-0.05, 0) is 30.3 Å². The maximum atomic E-state index is 12.6. The summed E-state index contributed by atoms with van der Waals surface area (Å²) in [6.07, 6.45) is 1.65. The van der Waals surface area contributed by atoms with Gasteiger partial charge in [-0.1, -0.05) is 6.07 Å². The number of nitrogens with zero attached hydrogens (tertiary/aromatic N) is 1. The van der Waals surface area contributed by atoms with E-state index in [0.717, 1.165) is 0 Å². The van der Waals surface area contributed by atoms with Crippen LogP contribution in [-0.2, 0) is 0 Å². The summed E-state index contributed by atoms with van der Waals surface area (Å²) in [7, 11) is 0. The average molecular weight is 189 g/mol. The summed E-state index contributed by atoms with van der Waals surface area (Å²) in [5.41, 5.74) is 0.538. The third-order valence-electron chi connectivity index (χ3n) is 1.93. The predicted octanol–water partition coefficient (Wildman–Crippen LogP) is 1.98. The van der Waals surface area contributed by atoms with Gasteiger partial charge in [0.1, 0.15) is 5.82 Å². The first-order valence-corrected chi connectivity index (χ1v) is 4.21. The lowest BCUT2D eigenvalue weighted by Crippen LogP contribution is -2.15. The Hall–Kier alpha value is -1.90. The van der Waals surface area contributed by atoms with Crippen LogP contribution in [0.4, 0.5) is 4.39 Å². The van der Waals surface area contributed by atoms with Gasteiger partial charge in [-0.25, -0.2) is 4.39 Å². The van der Waals surface area contributed by atoms with Crippen molar-refractivity contribution in [3.63, 3.8) is 0 Å². The van der Waals surface area contributed by atoms with Gasteiger partial charge in [0.15, 0.2) is 0 Å². The molecule has 0 atom stereocenters. The van der Waals surface area contributed by atoms with E-state index in [4.69, 9.17) is 0 Å². The Kier molecular flexibility index (Phi) is 2.14. The zero-order chi connectivity index (χ0) is 9.97. The largest absolute Gasteiger partial charge is 0.284 e. The fourth-order valence-electron chi connectivity index (χ4n) is 1.24. The third kappa shape index (κ3) is 1.57. The van der Waals surface area contributed by atoms with Gasteiger partial charge in [-0.15, -0.1) is 0 Å². The molecule has 2 rings (SSSR count). The summed E-state index contributed by atoms with van der Waals surface area (Å²) >= 11 is 0. The van der Waals surface area contributed by atoms with Crippen LogP contribution in [0.2, 0.25) is 0 Å². The quantitative estimate of drug-likeness (QED) is 0.672. The van der Waals surface area contributed by atoms with Gasteiger partial charge in [0.25, 0.3) is 5.56 Å². The second-order valence-electron chi connectivity index (χ2n) is 2.89. The molecule has 1 heterocycles. The van der Waals surface area contributed by atoms with Crippen LogP contribution in [0.25, 0.3) is 5.69 Å². The predicted molar refractivity (Wildman–Crippen MR) is 52.0 cm³/mol. The Morgan fingerprint density at radius 3 is 2.36 bits per heavy atom. The van der Waals surface area contributed by atoms with Crippen LogP contribution >= 0.6 is 0 Å². The Morgan fingerprint density at radius 2 is 1.71 bits per heavy atom. The summed E-state index contributed by atoms with van der Waals surface area (Å²) < 4.78 is 14.1. The smallest absolute Gasteiger partial charge is 0.255 e. The molecule has 0 saturated carbocycles. The number of hydrogen-bond acceptors (Lipinski definition) is 1. The molecule has 0 aliphatic carbocycles. The molecule has 1 aromatic heterocycles. The normalized spacial score (nSPS) is 10.1. The third-order valence-corrected chi connectivity index (χ3v) is 1.93. The minimum atomic E-state index is -0.308. The van der Waals surface area contributed by atoms with Gasteiger partial charge < -0.3 is 0 Å². The number of rotatable bonds is 1. The van der Waals surface area contributed by atoms with E-state index in [9.17, 15) is 9.18 Å². The molecule has 2 aromatic rings. The van der Waals surface area contributed by atoms with E-state index in [1.165, 1.54) is 22.8 Å². The van der Waals surface area contributed by atoms with Crippen molar-refractivity contribution < 1.29 is 4.39 Å². The number of halogens is 1. The number of pyridine rings is 1. The fourth-order valence-corrected chi connectivity index (χ4v) is 1.24. The highest BCUT2D eigenvalue weighted by Crippen LogP contribution is 2.05. The van der Waals surface area contributed by atoms with Crippen molar-refractivity contribution in [1.29, 1.82) is 0 Å². The first kappa shape index (κ1) is 8.69. The van der Waals surface area contributed by atoms with E-state index in [1.54, 1.807) is 30.5 Å². The Morgan fingerprint density at radius 1 is 1.00 bits per heavy atom. The van der Waals surface area contributed by atoms with E-state index in [2.05, 4.69) is 0 Å². The summed E-state index contributed by atoms with van der Waals surface area (Å²) in [6.45, 7) is 0. The van der Waals surface area contributed by atoms with Crippen LogP contribution in [0.15, 0.2) is 53.5 Å². The van der Waals surface area contributed by atoms with E-state index in [-0.39, 0.29) is 11.4 Å². The second-order valence-corrected chi connectivity index (χ2v) is 2.89. The lowest BCUT2D eigenvalue weighted by molar-refractivity contribution is 0.627. The number of hydrogen-bond donors (Lipinski definition) is 0. The van der Waals surface area contributed by atoms with Crippen molar-refractivity contribution in [2.24, 2.45) is 0 Å². The summed E-state index contributed by atoms with van der Waals surface area (Å²) in [4.78, 5) is 11.4. The van der Waals surface area contributed by atoms with Gasteiger partial charge in [0, 0.05) is 18.0 Å². The molecule has 0 aliphatic rings. The SMILES string of the molecule is O=c1ccccn1-c1ccc(F)cc1. The van der Waals surface area contributed by atoms with Crippen molar-refractivity contribution >= 4 is 0 Å². The first-order valence-electron chi connectivity index (χ1n) is 4.21. The Balaban J connectivity index is 2.56. The van der Waals surface area contributed by atoms with Crippen molar-refractivity contribution in [1.82, 2.24) is 4.57 Å². The van der Waals surface area contributed by atoms with Gasteiger partial charge in [0.2, 0.25) is 0 Å². The van der Waals surface area contributed by atoms with Crippen LogP contribution in [0.5, 0.6) is 0 Å². The molecule has 0 aliphatic heterocycles. The van der Waals surface area contributed by atoms with Gasteiger partial charge in [-0.2, -0.15) is 0 Å². The molecule has 0 radical (unpaired) electrons. The molecule has 0 unspecified atom stereocenters. The summed E-state index contributed by atoms with van der Waals surface area (Å²) in [5.74, 6) is -0.308. The number of benzene rings is 1. The lowest BCUT2D eigenvalue weighted by atomic mass is 10.3. The minimum absolute atomic E-state index is 0.126. The molecule has 0 amide bonds. The van der Waals surface area contributed by atoms with Gasteiger partial charge in [0.05, 0.1) is 0 Å². The molecule has 0 bridgehead atoms. The lowest BCUT2D eigenvalue weighted by Gasteiger charge is -2.03. The first-order chi connectivity index (χ1) is 6.77. The molecule has 14 heavy (non-hydrogen) atoms. The Bertz CT molecular complexity index is 487. The van der Waals surface area contributed by atoms with E-state index < -0.39 is 0 Å². The van der Waals surface area contributed by atoms with Gasteiger partial charge in [-0.3, -0.25) is 9.36 Å². The van der Waals surface area contributed by atoms with E-state index in [0.29, 0.717) is 5.69 Å². The van der Waals surface area contributed by atoms with E-state index in [1.807, 2.05) is 0 Å². The van der Waals surface area contributed by atoms with Gasteiger partial charge >= 0.3 is 0 Å². The zero-order valence-electron chi connectivity index (χ0n) is 7.35. The molecule has 1 aromatic carbocycles. The van der Waals surface area contributed by atoms with Crippen molar-refractivity contribution in [3.8, 4) is 5.69 Å². The molecular weight excluding hydrogens is 181 g/mol.